The van der Waals surface area contributed by atoms with Gasteiger partial charge in [0.05, 0.1) is 4.88 Å². The van der Waals surface area contributed by atoms with Gasteiger partial charge in [0.2, 0.25) is 5.78 Å². The van der Waals surface area contributed by atoms with Gasteiger partial charge < -0.3 is 0 Å². The minimum atomic E-state index is 0.0947. The van der Waals surface area contributed by atoms with Crippen LogP contribution in [0.2, 0.25) is 0 Å². The molecule has 0 N–H and O–H groups in total. The molecule has 0 amide bonds. The number of thiophene rings is 1. The average molecular weight is 407 g/mol. The van der Waals surface area contributed by atoms with Gasteiger partial charge in [-0.2, -0.15) is 0 Å². The van der Waals surface area contributed by atoms with Gasteiger partial charge in [-0.15, -0.1) is 11.3 Å². The largest absolute Gasteiger partial charge is 0.288 e. The summed E-state index contributed by atoms with van der Waals surface area (Å²) >= 11 is 7.16. The molecule has 0 atom stereocenters. The van der Waals surface area contributed by atoms with E-state index in [0.717, 1.165) is 23.4 Å². The molecule has 0 aliphatic carbocycles. The quantitative estimate of drug-likeness (QED) is 0.523. The van der Waals surface area contributed by atoms with Crippen LogP contribution in [-0.4, -0.2) is 5.78 Å². The van der Waals surface area contributed by atoms with Crippen molar-refractivity contribution >= 4 is 55.6 Å². The number of benzene rings is 1. The maximum Gasteiger partial charge on any atom is 0.203 e. The third-order valence-corrected chi connectivity index (χ3v) is 4.97. The molecule has 0 bridgehead atoms. The standard InChI is InChI=1S/C12H8BrIOS/c1-7-10(13)6-11(16-7)12(15)8-3-2-4-9(14)5-8/h2-6H,1H3. The zero-order valence-corrected chi connectivity index (χ0v) is 13.0. The number of carbonyl (C=O) groups excluding carboxylic acids is 1. The molecule has 1 aromatic carbocycles. The summed E-state index contributed by atoms with van der Waals surface area (Å²) in [6, 6.07) is 9.54. The Morgan fingerprint density at radius 3 is 2.69 bits per heavy atom. The van der Waals surface area contributed by atoms with Gasteiger partial charge in [-0.1, -0.05) is 12.1 Å². The fraction of sp³-hybridized carbons (Fsp3) is 0.0833. The first-order valence-electron chi connectivity index (χ1n) is 4.64. The van der Waals surface area contributed by atoms with Crippen LogP contribution in [0.4, 0.5) is 0 Å². The van der Waals surface area contributed by atoms with E-state index >= 15 is 0 Å². The zero-order valence-electron chi connectivity index (χ0n) is 8.46. The van der Waals surface area contributed by atoms with E-state index in [1.165, 1.54) is 11.3 Å². The second kappa shape index (κ2) is 4.98. The Morgan fingerprint density at radius 1 is 1.38 bits per heavy atom. The number of hydrogen-bond acceptors (Lipinski definition) is 2. The Kier molecular flexibility index (Phi) is 3.81. The van der Waals surface area contributed by atoms with Crippen LogP contribution in [-0.2, 0) is 0 Å². The molecule has 0 aliphatic heterocycles. The van der Waals surface area contributed by atoms with Gasteiger partial charge in [0.15, 0.2) is 0 Å². The molecule has 0 aliphatic rings. The predicted octanol–water partition coefficient (Wildman–Crippen LogP) is 4.65. The molecule has 82 valence electrons. The molecule has 0 radical (unpaired) electrons. The number of halogens is 2. The Labute approximate surface area is 120 Å². The summed E-state index contributed by atoms with van der Waals surface area (Å²) in [6.45, 7) is 2.00. The first-order valence-corrected chi connectivity index (χ1v) is 7.33. The lowest BCUT2D eigenvalue weighted by Crippen LogP contribution is -1.98. The van der Waals surface area contributed by atoms with Crippen molar-refractivity contribution in [1.82, 2.24) is 0 Å². The molecule has 1 nitrogen and oxygen atoms in total. The maximum absolute atomic E-state index is 12.2. The van der Waals surface area contributed by atoms with Gasteiger partial charge in [-0.05, 0) is 63.6 Å². The van der Waals surface area contributed by atoms with Crippen LogP contribution >= 0.6 is 49.9 Å². The highest BCUT2D eigenvalue weighted by molar-refractivity contribution is 14.1. The monoisotopic (exact) mass is 406 g/mol. The van der Waals surface area contributed by atoms with Gasteiger partial charge in [-0.25, -0.2) is 0 Å². The molecule has 4 heteroatoms. The first kappa shape index (κ1) is 12.3. The van der Waals surface area contributed by atoms with Crippen LogP contribution in [0.25, 0.3) is 0 Å². The summed E-state index contributed by atoms with van der Waals surface area (Å²) in [5.41, 5.74) is 0.751. The third-order valence-electron chi connectivity index (χ3n) is 2.17. The fourth-order valence-corrected chi connectivity index (χ4v) is 3.38. The zero-order chi connectivity index (χ0) is 11.7. The van der Waals surface area contributed by atoms with Crippen molar-refractivity contribution < 1.29 is 4.79 Å². The smallest absolute Gasteiger partial charge is 0.203 e. The van der Waals surface area contributed by atoms with Crippen LogP contribution in [0.3, 0.4) is 0 Å². The Bertz CT molecular complexity index is 528. The SMILES string of the molecule is Cc1sc(C(=O)c2cccc(I)c2)cc1Br. The minimum Gasteiger partial charge on any atom is -0.288 e. The van der Waals surface area contributed by atoms with Gasteiger partial charge in [0, 0.05) is 18.5 Å². The van der Waals surface area contributed by atoms with Crippen molar-refractivity contribution in [3.8, 4) is 0 Å². The van der Waals surface area contributed by atoms with Gasteiger partial charge in [0.25, 0.3) is 0 Å². The molecule has 2 rings (SSSR count). The average Bonchev–Trinajstić information content (AvgIpc) is 2.58. The topological polar surface area (TPSA) is 17.1 Å². The van der Waals surface area contributed by atoms with Gasteiger partial charge in [-0.3, -0.25) is 4.79 Å². The van der Waals surface area contributed by atoms with Crippen molar-refractivity contribution in [2.24, 2.45) is 0 Å². The van der Waals surface area contributed by atoms with Gasteiger partial charge in [0.1, 0.15) is 0 Å². The molecule has 0 saturated carbocycles. The lowest BCUT2D eigenvalue weighted by Gasteiger charge is -1.98. The van der Waals surface area contributed by atoms with E-state index in [4.69, 9.17) is 0 Å². The van der Waals surface area contributed by atoms with E-state index in [0.29, 0.717) is 0 Å². The van der Waals surface area contributed by atoms with E-state index in [1.807, 2.05) is 37.3 Å². The fourth-order valence-electron chi connectivity index (χ4n) is 1.34. The van der Waals surface area contributed by atoms with E-state index in [1.54, 1.807) is 0 Å². The van der Waals surface area contributed by atoms with Crippen molar-refractivity contribution in [2.75, 3.05) is 0 Å². The molecule has 1 aromatic heterocycles. The number of aryl methyl sites for hydroxylation is 1. The van der Waals surface area contributed by atoms with E-state index in [9.17, 15) is 4.79 Å². The summed E-state index contributed by atoms with van der Waals surface area (Å²) in [4.78, 5) is 14.1. The van der Waals surface area contributed by atoms with Crippen molar-refractivity contribution in [2.45, 2.75) is 6.92 Å². The highest BCUT2D eigenvalue weighted by Gasteiger charge is 2.13. The van der Waals surface area contributed by atoms with Crippen molar-refractivity contribution in [3.05, 3.63) is 53.7 Å². The second-order valence-electron chi connectivity index (χ2n) is 3.35. The summed E-state index contributed by atoms with van der Waals surface area (Å²) < 4.78 is 2.09. The molecule has 0 fully saturated rings. The Morgan fingerprint density at radius 2 is 2.12 bits per heavy atom. The minimum absolute atomic E-state index is 0.0947. The van der Waals surface area contributed by atoms with E-state index in [2.05, 4.69) is 38.5 Å². The van der Waals surface area contributed by atoms with Crippen LogP contribution in [0.1, 0.15) is 20.1 Å². The van der Waals surface area contributed by atoms with Crippen molar-refractivity contribution in [3.63, 3.8) is 0 Å². The first-order chi connectivity index (χ1) is 7.58. The predicted molar refractivity (Wildman–Crippen MR) is 79.3 cm³/mol. The molecule has 2 aromatic rings. The number of carbonyl (C=O) groups is 1. The molecular weight excluding hydrogens is 399 g/mol. The highest BCUT2D eigenvalue weighted by Crippen LogP contribution is 2.28. The lowest BCUT2D eigenvalue weighted by molar-refractivity contribution is 0.104. The van der Waals surface area contributed by atoms with Crippen LogP contribution in [0.5, 0.6) is 0 Å². The molecule has 0 spiro atoms. The summed E-state index contributed by atoms with van der Waals surface area (Å²) in [6.07, 6.45) is 0. The number of ketones is 1. The van der Waals surface area contributed by atoms with Crippen molar-refractivity contribution in [1.29, 1.82) is 0 Å². The highest BCUT2D eigenvalue weighted by atomic mass is 127. The molecular formula is C12H8BrIOS. The summed E-state index contributed by atoms with van der Waals surface area (Å²) in [5.74, 6) is 0.0947. The normalized spacial score (nSPS) is 10.4. The van der Waals surface area contributed by atoms with Crippen LogP contribution in [0.15, 0.2) is 34.8 Å². The Balaban J connectivity index is 2.39. The maximum atomic E-state index is 12.2. The van der Waals surface area contributed by atoms with Crippen LogP contribution in [0, 0.1) is 10.5 Å². The lowest BCUT2D eigenvalue weighted by atomic mass is 10.1. The summed E-state index contributed by atoms with van der Waals surface area (Å²) in [5, 5.41) is 0. The third kappa shape index (κ3) is 2.55. The number of rotatable bonds is 2. The van der Waals surface area contributed by atoms with Gasteiger partial charge >= 0.3 is 0 Å². The summed E-state index contributed by atoms with van der Waals surface area (Å²) in [7, 11) is 0. The Hall–Kier alpha value is -0.200. The molecule has 0 saturated heterocycles. The van der Waals surface area contributed by atoms with E-state index in [-0.39, 0.29) is 5.78 Å². The number of hydrogen-bond donors (Lipinski definition) is 0. The second-order valence-corrected chi connectivity index (χ2v) is 6.71. The molecule has 0 unspecified atom stereocenters. The van der Waals surface area contributed by atoms with E-state index < -0.39 is 0 Å². The molecule has 16 heavy (non-hydrogen) atoms. The van der Waals surface area contributed by atoms with Crippen LogP contribution < -0.4 is 0 Å². The molecule has 1 heterocycles.